The lowest BCUT2D eigenvalue weighted by Gasteiger charge is -2.35. The molecule has 4 rings (SSSR count). The molecule has 1 saturated heterocycles. The third kappa shape index (κ3) is 4.44. The van der Waals surface area contributed by atoms with E-state index in [0.29, 0.717) is 38.0 Å². The van der Waals surface area contributed by atoms with Crippen LogP contribution in [-0.4, -0.2) is 48.8 Å². The number of fused-ring (bicyclic) bond motifs is 1. The molecule has 3 amide bonds. The highest BCUT2D eigenvalue weighted by molar-refractivity contribution is 6.15. The van der Waals surface area contributed by atoms with Crippen LogP contribution in [0, 0.1) is 0 Å². The van der Waals surface area contributed by atoms with E-state index in [1.54, 1.807) is 4.90 Å². The highest BCUT2D eigenvalue weighted by Crippen LogP contribution is 2.30. The molecule has 0 unspecified atom stereocenters. The molecular formula is C24H27N3O3. The number of ketones is 1. The van der Waals surface area contributed by atoms with Gasteiger partial charge in [0, 0.05) is 44.6 Å². The Labute approximate surface area is 176 Å². The van der Waals surface area contributed by atoms with Gasteiger partial charge in [-0.15, -0.1) is 0 Å². The van der Waals surface area contributed by atoms with Crippen molar-refractivity contribution in [2.75, 3.05) is 31.1 Å². The number of hydrogen-bond donors (Lipinski definition) is 1. The van der Waals surface area contributed by atoms with Crippen LogP contribution in [0.3, 0.4) is 0 Å². The van der Waals surface area contributed by atoms with Gasteiger partial charge in [0.05, 0.1) is 5.69 Å². The van der Waals surface area contributed by atoms with Crippen LogP contribution in [0.1, 0.15) is 40.7 Å². The van der Waals surface area contributed by atoms with E-state index in [2.05, 4.69) is 11.4 Å². The molecule has 6 nitrogen and oxygen atoms in total. The first-order chi connectivity index (χ1) is 14.6. The first kappa shape index (κ1) is 20.3. The van der Waals surface area contributed by atoms with E-state index in [-0.39, 0.29) is 17.7 Å². The van der Waals surface area contributed by atoms with Crippen molar-refractivity contribution in [3.63, 3.8) is 0 Å². The zero-order valence-electron chi connectivity index (χ0n) is 17.1. The summed E-state index contributed by atoms with van der Waals surface area (Å²) in [6, 6.07) is 15.1. The van der Waals surface area contributed by atoms with Gasteiger partial charge >= 0.3 is 6.03 Å². The van der Waals surface area contributed by atoms with Gasteiger partial charge < -0.3 is 10.2 Å². The molecule has 2 aromatic rings. The van der Waals surface area contributed by atoms with Crippen molar-refractivity contribution in [1.29, 1.82) is 0 Å². The maximum atomic E-state index is 13.0. The van der Waals surface area contributed by atoms with Gasteiger partial charge in [0.2, 0.25) is 5.91 Å². The van der Waals surface area contributed by atoms with Crippen LogP contribution in [0.15, 0.2) is 48.5 Å². The van der Waals surface area contributed by atoms with Crippen LogP contribution in [0.2, 0.25) is 0 Å². The molecule has 0 aliphatic carbocycles. The van der Waals surface area contributed by atoms with Crippen molar-refractivity contribution in [3.05, 3.63) is 65.2 Å². The third-order valence-corrected chi connectivity index (χ3v) is 5.79. The van der Waals surface area contributed by atoms with Gasteiger partial charge in [-0.1, -0.05) is 42.5 Å². The Morgan fingerprint density at radius 2 is 1.73 bits per heavy atom. The largest absolute Gasteiger partial charge is 0.331 e. The molecule has 6 heteroatoms. The molecule has 30 heavy (non-hydrogen) atoms. The maximum Gasteiger partial charge on any atom is 0.331 e. The van der Waals surface area contributed by atoms with Gasteiger partial charge in [-0.05, 0) is 36.5 Å². The molecule has 0 spiro atoms. The first-order valence-electron chi connectivity index (χ1n) is 10.7. The number of nitrogens with zero attached hydrogens (tertiary/aromatic N) is 2. The molecule has 0 radical (unpaired) electrons. The average molecular weight is 405 g/mol. The van der Waals surface area contributed by atoms with Gasteiger partial charge in [0.25, 0.3) is 0 Å². The lowest BCUT2D eigenvalue weighted by Crippen LogP contribution is -2.54. The Balaban J connectivity index is 1.42. The number of aryl methyl sites for hydroxylation is 2. The van der Waals surface area contributed by atoms with Gasteiger partial charge in [0.1, 0.15) is 0 Å². The van der Waals surface area contributed by atoms with Crippen molar-refractivity contribution in [2.24, 2.45) is 0 Å². The Morgan fingerprint density at radius 1 is 0.967 bits per heavy atom. The van der Waals surface area contributed by atoms with Crippen LogP contribution >= 0.6 is 0 Å². The van der Waals surface area contributed by atoms with Crippen LogP contribution in [-0.2, 0) is 17.6 Å². The normalized spacial score (nSPS) is 16.3. The van der Waals surface area contributed by atoms with Crippen molar-refractivity contribution in [3.8, 4) is 0 Å². The van der Waals surface area contributed by atoms with Gasteiger partial charge in [0.15, 0.2) is 5.78 Å². The number of nitrogens with one attached hydrogen (secondary N) is 1. The Hall–Kier alpha value is -2.99. The number of piperazine rings is 1. The second-order valence-corrected chi connectivity index (χ2v) is 7.85. The molecule has 1 fully saturated rings. The van der Waals surface area contributed by atoms with E-state index >= 15 is 0 Å². The fourth-order valence-corrected chi connectivity index (χ4v) is 4.13. The molecule has 0 aromatic heterocycles. The summed E-state index contributed by atoms with van der Waals surface area (Å²) in [6.45, 7) is 2.74. The molecule has 2 aliphatic rings. The summed E-state index contributed by atoms with van der Waals surface area (Å²) >= 11 is 0. The standard InChI is InChI=1S/C24H27N3O3/c28-22(19-6-2-1-3-7-19)8-4-5-18-9-11-21-20(17-18)10-12-23(29)27(21)24(30)26-15-13-25-14-16-26/h1-3,6-7,9,11,17,25H,4-5,8,10,12-16H2. The topological polar surface area (TPSA) is 69.7 Å². The second kappa shape index (κ2) is 9.22. The summed E-state index contributed by atoms with van der Waals surface area (Å²) in [5, 5.41) is 3.23. The van der Waals surface area contributed by atoms with Crippen LogP contribution in [0.4, 0.5) is 10.5 Å². The summed E-state index contributed by atoms with van der Waals surface area (Å²) in [7, 11) is 0. The van der Waals surface area contributed by atoms with Gasteiger partial charge in [-0.3, -0.25) is 9.59 Å². The van der Waals surface area contributed by atoms with E-state index in [9.17, 15) is 14.4 Å². The molecule has 0 bridgehead atoms. The van der Waals surface area contributed by atoms with Crippen molar-refractivity contribution < 1.29 is 14.4 Å². The highest BCUT2D eigenvalue weighted by Gasteiger charge is 2.33. The molecule has 0 atom stereocenters. The van der Waals surface area contributed by atoms with Crippen molar-refractivity contribution in [2.45, 2.75) is 32.1 Å². The number of carbonyl (C=O) groups is 3. The number of Topliss-reactive ketones (excluding diaryl/α,β-unsaturated/α-hetero) is 1. The Kier molecular flexibility index (Phi) is 6.23. The van der Waals surface area contributed by atoms with E-state index < -0.39 is 0 Å². The minimum atomic E-state index is -0.219. The fraction of sp³-hybridized carbons (Fsp3) is 0.375. The van der Waals surface area contributed by atoms with E-state index in [1.165, 1.54) is 4.90 Å². The zero-order valence-corrected chi connectivity index (χ0v) is 17.1. The number of imide groups is 1. The molecule has 2 heterocycles. The van der Waals surface area contributed by atoms with E-state index in [0.717, 1.165) is 42.6 Å². The lowest BCUT2D eigenvalue weighted by molar-refractivity contribution is -0.118. The number of benzene rings is 2. The first-order valence-corrected chi connectivity index (χ1v) is 10.7. The summed E-state index contributed by atoms with van der Waals surface area (Å²) < 4.78 is 0. The average Bonchev–Trinajstić information content (AvgIpc) is 2.80. The summed E-state index contributed by atoms with van der Waals surface area (Å²) in [6.07, 6.45) is 3.07. The van der Waals surface area contributed by atoms with Crippen molar-refractivity contribution >= 4 is 23.4 Å². The predicted molar refractivity (Wildman–Crippen MR) is 116 cm³/mol. The van der Waals surface area contributed by atoms with Crippen LogP contribution in [0.5, 0.6) is 0 Å². The molecule has 1 N–H and O–H groups in total. The minimum Gasteiger partial charge on any atom is -0.321 e. The Morgan fingerprint density at radius 3 is 2.50 bits per heavy atom. The lowest BCUT2D eigenvalue weighted by atomic mass is 9.96. The number of rotatable bonds is 5. The van der Waals surface area contributed by atoms with E-state index in [1.807, 2.05) is 42.5 Å². The van der Waals surface area contributed by atoms with Crippen LogP contribution in [0.25, 0.3) is 0 Å². The molecule has 156 valence electrons. The zero-order chi connectivity index (χ0) is 20.9. The van der Waals surface area contributed by atoms with Gasteiger partial charge in [-0.2, -0.15) is 0 Å². The monoisotopic (exact) mass is 405 g/mol. The highest BCUT2D eigenvalue weighted by atomic mass is 16.2. The number of urea groups is 1. The van der Waals surface area contributed by atoms with Crippen LogP contribution < -0.4 is 10.2 Å². The Bertz CT molecular complexity index is 936. The number of carbonyl (C=O) groups excluding carboxylic acids is 3. The number of anilines is 1. The molecule has 2 aliphatic heterocycles. The quantitative estimate of drug-likeness (QED) is 0.776. The smallest absolute Gasteiger partial charge is 0.321 e. The fourth-order valence-electron chi connectivity index (χ4n) is 4.13. The number of amides is 3. The summed E-state index contributed by atoms with van der Waals surface area (Å²) in [5.74, 6) is 0.0270. The van der Waals surface area contributed by atoms with Gasteiger partial charge in [-0.25, -0.2) is 9.69 Å². The third-order valence-electron chi connectivity index (χ3n) is 5.79. The maximum absolute atomic E-state index is 13.0. The van der Waals surface area contributed by atoms with E-state index in [4.69, 9.17) is 0 Å². The van der Waals surface area contributed by atoms with Crippen molar-refractivity contribution in [1.82, 2.24) is 10.2 Å². The summed E-state index contributed by atoms with van der Waals surface area (Å²) in [4.78, 5) is 40.9. The number of hydrogen-bond acceptors (Lipinski definition) is 4. The SMILES string of the molecule is O=C(CCCc1ccc2c(c1)CCC(=O)N2C(=O)N1CCNCC1)c1ccccc1. The second-order valence-electron chi connectivity index (χ2n) is 7.85. The minimum absolute atomic E-state index is 0.132. The molecule has 2 aromatic carbocycles. The molecule has 0 saturated carbocycles. The summed E-state index contributed by atoms with van der Waals surface area (Å²) in [5.41, 5.74) is 3.63. The predicted octanol–water partition coefficient (Wildman–Crippen LogP) is 3.20. The molecular weight excluding hydrogens is 378 g/mol.